The molecule has 2 aliphatic rings. The molecule has 2 nitrogen and oxygen atoms in total. The second-order valence-electron chi connectivity index (χ2n) is 9.08. The van der Waals surface area contributed by atoms with Crippen LogP contribution in [0.5, 0.6) is 0 Å². The van der Waals surface area contributed by atoms with E-state index in [9.17, 15) is 31.1 Å². The van der Waals surface area contributed by atoms with Crippen molar-refractivity contribution in [3.05, 3.63) is 0 Å². The number of ketones is 1. The largest absolute Gasteiger partial charge is 0.461 e. The van der Waals surface area contributed by atoms with Gasteiger partial charge in [-0.2, -0.15) is 22.0 Å². The summed E-state index contributed by atoms with van der Waals surface area (Å²) in [5.74, 6) is -5.01. The van der Waals surface area contributed by atoms with Gasteiger partial charge in [0.15, 0.2) is 0 Å². The van der Waals surface area contributed by atoms with Crippen molar-refractivity contribution in [3.8, 4) is 0 Å². The van der Waals surface area contributed by atoms with Gasteiger partial charge in [-0.25, -0.2) is 0 Å². The minimum atomic E-state index is -5.88. The highest BCUT2D eigenvalue weighted by molar-refractivity contribution is 5.87. The summed E-state index contributed by atoms with van der Waals surface area (Å²) in [5, 5.41) is 0. The third kappa shape index (κ3) is 7.41. The standard InChI is InChI=1S/C22H34F6O2/c23-13-2-1-3-16-4-8-18(9-5-16)19-10-6-17(7-11-19)12-14-30-15-20(29)21(24,25)22(26,27)28/h16-19H,1-15H2. The van der Waals surface area contributed by atoms with Crippen molar-refractivity contribution in [2.24, 2.45) is 23.7 Å². The van der Waals surface area contributed by atoms with Crippen molar-refractivity contribution in [2.45, 2.75) is 89.1 Å². The van der Waals surface area contributed by atoms with Gasteiger partial charge in [0.2, 0.25) is 5.78 Å². The van der Waals surface area contributed by atoms with Gasteiger partial charge in [-0.1, -0.05) is 38.5 Å². The van der Waals surface area contributed by atoms with E-state index in [0.717, 1.165) is 50.4 Å². The molecule has 0 unspecified atom stereocenters. The Kier molecular flexibility index (Phi) is 9.95. The number of unbranched alkanes of at least 4 members (excludes halogenated alkanes) is 1. The lowest BCUT2D eigenvalue weighted by molar-refractivity contribution is -0.270. The number of alkyl halides is 6. The number of carbonyl (C=O) groups is 1. The first-order chi connectivity index (χ1) is 14.1. The number of rotatable bonds is 11. The lowest BCUT2D eigenvalue weighted by Gasteiger charge is -2.38. The summed E-state index contributed by atoms with van der Waals surface area (Å²) in [6, 6.07) is 0. The molecule has 2 rings (SSSR count). The highest BCUT2D eigenvalue weighted by Gasteiger charge is 2.62. The Bertz CT molecular complexity index is 506. The lowest BCUT2D eigenvalue weighted by Crippen LogP contribution is -2.46. The molecule has 0 spiro atoms. The molecule has 0 aliphatic heterocycles. The Morgan fingerprint density at radius 2 is 1.27 bits per heavy atom. The van der Waals surface area contributed by atoms with E-state index in [0.29, 0.717) is 24.7 Å². The molecule has 8 heteroatoms. The number of halogens is 6. The summed E-state index contributed by atoms with van der Waals surface area (Å²) < 4.78 is 79.1. The fourth-order valence-corrected chi connectivity index (χ4v) is 5.09. The van der Waals surface area contributed by atoms with E-state index in [1.54, 1.807) is 0 Å². The molecule has 176 valence electrons. The average Bonchev–Trinajstić information content (AvgIpc) is 2.71. The summed E-state index contributed by atoms with van der Waals surface area (Å²) >= 11 is 0. The monoisotopic (exact) mass is 444 g/mol. The third-order valence-electron chi connectivity index (χ3n) is 7.06. The van der Waals surface area contributed by atoms with E-state index in [2.05, 4.69) is 0 Å². The second kappa shape index (κ2) is 11.7. The van der Waals surface area contributed by atoms with Gasteiger partial charge in [0.1, 0.15) is 6.61 Å². The van der Waals surface area contributed by atoms with Gasteiger partial charge in [-0.05, 0) is 62.2 Å². The predicted molar refractivity (Wildman–Crippen MR) is 102 cm³/mol. The van der Waals surface area contributed by atoms with Gasteiger partial charge >= 0.3 is 12.1 Å². The van der Waals surface area contributed by atoms with Gasteiger partial charge in [-0.3, -0.25) is 9.18 Å². The smallest absolute Gasteiger partial charge is 0.373 e. The van der Waals surface area contributed by atoms with E-state index in [1.807, 2.05) is 0 Å². The molecule has 2 aliphatic carbocycles. The Balaban J connectivity index is 1.58. The van der Waals surface area contributed by atoms with Crippen LogP contribution in [-0.4, -0.2) is 37.8 Å². The second-order valence-corrected chi connectivity index (χ2v) is 9.08. The van der Waals surface area contributed by atoms with Crippen LogP contribution in [0, 0.1) is 23.7 Å². The van der Waals surface area contributed by atoms with E-state index in [4.69, 9.17) is 4.74 Å². The zero-order chi connectivity index (χ0) is 22.2. The fourth-order valence-electron chi connectivity index (χ4n) is 5.09. The van der Waals surface area contributed by atoms with Crippen molar-refractivity contribution in [2.75, 3.05) is 19.9 Å². The molecule has 0 radical (unpaired) electrons. The van der Waals surface area contributed by atoms with E-state index in [1.165, 1.54) is 25.7 Å². The first-order valence-electron chi connectivity index (χ1n) is 11.3. The van der Waals surface area contributed by atoms with Gasteiger partial charge in [-0.15, -0.1) is 0 Å². The molecule has 0 aromatic carbocycles. The average molecular weight is 445 g/mol. The molecule has 30 heavy (non-hydrogen) atoms. The molecule has 0 heterocycles. The molecule has 2 fully saturated rings. The zero-order valence-corrected chi connectivity index (χ0v) is 17.5. The van der Waals surface area contributed by atoms with Crippen LogP contribution >= 0.6 is 0 Å². The molecular formula is C22H34F6O2. The molecule has 0 atom stereocenters. The Labute approximate surface area is 175 Å². The maximum absolute atomic E-state index is 12.9. The van der Waals surface area contributed by atoms with Crippen LogP contribution in [0.25, 0.3) is 0 Å². The maximum atomic E-state index is 12.9. The van der Waals surface area contributed by atoms with Crippen molar-refractivity contribution in [1.29, 1.82) is 0 Å². The van der Waals surface area contributed by atoms with Crippen molar-refractivity contribution in [3.63, 3.8) is 0 Å². The highest BCUT2D eigenvalue weighted by atomic mass is 19.4. The van der Waals surface area contributed by atoms with E-state index < -0.39 is 24.5 Å². The summed E-state index contributed by atoms with van der Waals surface area (Å²) in [6.45, 7) is -1.41. The van der Waals surface area contributed by atoms with Crippen molar-refractivity contribution >= 4 is 5.78 Å². The molecule has 2 saturated carbocycles. The Morgan fingerprint density at radius 1 is 0.767 bits per heavy atom. The Hall–Kier alpha value is -0.790. The molecule has 0 bridgehead atoms. The van der Waals surface area contributed by atoms with E-state index in [-0.39, 0.29) is 13.3 Å². The summed E-state index contributed by atoms with van der Waals surface area (Å²) in [6.07, 6.45) is 6.73. The number of hydrogen-bond acceptors (Lipinski definition) is 2. The van der Waals surface area contributed by atoms with E-state index >= 15 is 0 Å². The number of hydrogen-bond donors (Lipinski definition) is 0. The van der Waals surface area contributed by atoms with Gasteiger partial charge < -0.3 is 4.74 Å². The van der Waals surface area contributed by atoms with Crippen LogP contribution in [0.3, 0.4) is 0 Å². The van der Waals surface area contributed by atoms with Crippen LogP contribution in [0.15, 0.2) is 0 Å². The van der Waals surface area contributed by atoms with Crippen LogP contribution < -0.4 is 0 Å². The number of carbonyl (C=O) groups excluding carboxylic acids is 1. The third-order valence-corrected chi connectivity index (χ3v) is 7.06. The SMILES string of the molecule is O=C(COCCC1CCC(C2CCC(CCCCF)CC2)CC1)C(F)(F)C(F)(F)F. The normalized spacial score (nSPS) is 28.5. The molecule has 0 saturated heterocycles. The number of ether oxygens (including phenoxy) is 1. The molecule has 0 aromatic heterocycles. The lowest BCUT2D eigenvalue weighted by atomic mass is 9.68. The van der Waals surface area contributed by atoms with Gasteiger partial charge in [0.25, 0.3) is 0 Å². The molecular weight excluding hydrogens is 410 g/mol. The van der Waals surface area contributed by atoms with Crippen molar-refractivity contribution < 1.29 is 35.9 Å². The van der Waals surface area contributed by atoms with Crippen LogP contribution in [0.2, 0.25) is 0 Å². The van der Waals surface area contributed by atoms with Gasteiger partial charge in [0.05, 0.1) is 6.67 Å². The van der Waals surface area contributed by atoms with Crippen LogP contribution in [-0.2, 0) is 9.53 Å². The molecule has 0 amide bonds. The first kappa shape index (κ1) is 25.5. The highest BCUT2D eigenvalue weighted by Crippen LogP contribution is 2.43. The van der Waals surface area contributed by atoms with Crippen molar-refractivity contribution in [1.82, 2.24) is 0 Å². The first-order valence-corrected chi connectivity index (χ1v) is 11.3. The topological polar surface area (TPSA) is 26.3 Å². The number of Topliss-reactive ketones (excluding diaryl/α,β-unsaturated/α-hetero) is 1. The molecule has 0 aromatic rings. The van der Waals surface area contributed by atoms with Crippen LogP contribution in [0.4, 0.5) is 26.3 Å². The zero-order valence-electron chi connectivity index (χ0n) is 17.5. The molecule has 0 N–H and O–H groups in total. The summed E-state index contributed by atoms with van der Waals surface area (Å²) in [7, 11) is 0. The summed E-state index contributed by atoms with van der Waals surface area (Å²) in [5.41, 5.74) is 0. The fraction of sp³-hybridized carbons (Fsp3) is 0.955. The maximum Gasteiger partial charge on any atom is 0.461 e. The minimum Gasteiger partial charge on any atom is -0.373 e. The minimum absolute atomic E-state index is 0.0268. The Morgan fingerprint density at radius 3 is 1.73 bits per heavy atom. The summed E-state index contributed by atoms with van der Waals surface area (Å²) in [4.78, 5) is 11.1. The van der Waals surface area contributed by atoms with Gasteiger partial charge in [0, 0.05) is 6.61 Å². The van der Waals surface area contributed by atoms with Crippen LogP contribution in [0.1, 0.15) is 77.0 Å². The predicted octanol–water partition coefficient (Wildman–Crippen LogP) is 6.91. The quantitative estimate of drug-likeness (QED) is 0.256.